The van der Waals surface area contributed by atoms with Crippen molar-refractivity contribution in [3.05, 3.63) is 40.3 Å². The highest BCUT2D eigenvalue weighted by molar-refractivity contribution is 9.10. The summed E-state index contributed by atoms with van der Waals surface area (Å²) in [7, 11) is 0. The van der Waals surface area contributed by atoms with E-state index < -0.39 is 17.5 Å². The molecule has 1 heterocycles. The van der Waals surface area contributed by atoms with Crippen molar-refractivity contribution in [2.75, 3.05) is 10.7 Å². The van der Waals surface area contributed by atoms with E-state index in [9.17, 15) is 13.2 Å². The van der Waals surface area contributed by atoms with Gasteiger partial charge in [-0.2, -0.15) is 4.98 Å². The fourth-order valence-corrected chi connectivity index (χ4v) is 1.56. The highest BCUT2D eigenvalue weighted by Gasteiger charge is 2.12. The van der Waals surface area contributed by atoms with Crippen LogP contribution in [-0.2, 0) is 0 Å². The summed E-state index contributed by atoms with van der Waals surface area (Å²) in [4.78, 5) is 7.68. The lowest BCUT2D eigenvalue weighted by atomic mass is 10.3. The summed E-state index contributed by atoms with van der Waals surface area (Å²) in [5, 5.41) is 2.51. The van der Waals surface area contributed by atoms with Crippen LogP contribution in [0.1, 0.15) is 0 Å². The Balaban J connectivity index is 2.38. The summed E-state index contributed by atoms with van der Waals surface area (Å²) >= 11 is 3.13. The molecule has 0 spiro atoms. The number of hydrogen-bond donors (Lipinski definition) is 3. The molecule has 0 saturated carbocycles. The predicted molar refractivity (Wildman–Crippen MR) is 67.1 cm³/mol. The highest BCUT2D eigenvalue weighted by Crippen LogP contribution is 2.26. The molecule has 0 aliphatic rings. The van der Waals surface area contributed by atoms with Gasteiger partial charge in [-0.05, 0) is 15.9 Å². The molecule has 1 aromatic carbocycles. The van der Waals surface area contributed by atoms with Gasteiger partial charge in [0, 0.05) is 18.3 Å². The van der Waals surface area contributed by atoms with Crippen LogP contribution in [0.3, 0.4) is 0 Å². The molecule has 100 valence electrons. The Labute approximate surface area is 114 Å². The number of anilines is 3. The lowest BCUT2D eigenvalue weighted by Gasteiger charge is -2.10. The largest absolute Gasteiger partial charge is 0.337 e. The Morgan fingerprint density at radius 2 is 1.79 bits per heavy atom. The summed E-state index contributed by atoms with van der Waals surface area (Å²) in [5.41, 5.74) is 1.94. The van der Waals surface area contributed by atoms with E-state index in [4.69, 9.17) is 5.84 Å². The van der Waals surface area contributed by atoms with Gasteiger partial charge in [0.25, 0.3) is 0 Å². The number of hydrogen-bond acceptors (Lipinski definition) is 5. The van der Waals surface area contributed by atoms with Crippen molar-refractivity contribution in [1.29, 1.82) is 0 Å². The van der Waals surface area contributed by atoms with E-state index >= 15 is 0 Å². The molecule has 0 aliphatic heterocycles. The van der Waals surface area contributed by atoms with Crippen LogP contribution in [0.4, 0.5) is 30.6 Å². The molecule has 0 radical (unpaired) electrons. The zero-order chi connectivity index (χ0) is 14.0. The van der Waals surface area contributed by atoms with Crippen LogP contribution in [0.15, 0.2) is 22.8 Å². The standard InChI is InChI=1S/C10H7BrF3N5/c11-4-3-16-10(19-15)18-9(4)17-8-2-6(13)5(12)1-7(8)14/h1-3H,15H2,(H2,16,17,18,19). The Morgan fingerprint density at radius 1 is 1.11 bits per heavy atom. The minimum Gasteiger partial charge on any atom is -0.337 e. The Kier molecular flexibility index (Phi) is 3.86. The maximum absolute atomic E-state index is 13.5. The number of benzene rings is 1. The van der Waals surface area contributed by atoms with Gasteiger partial charge >= 0.3 is 0 Å². The maximum atomic E-state index is 13.5. The van der Waals surface area contributed by atoms with Crippen LogP contribution in [-0.4, -0.2) is 9.97 Å². The third kappa shape index (κ3) is 2.93. The molecule has 0 bridgehead atoms. The normalized spacial score (nSPS) is 10.4. The zero-order valence-electron chi connectivity index (χ0n) is 9.22. The fraction of sp³-hybridized carbons (Fsp3) is 0. The lowest BCUT2D eigenvalue weighted by molar-refractivity contribution is 0.496. The van der Waals surface area contributed by atoms with Gasteiger partial charge in [-0.15, -0.1) is 0 Å². The van der Waals surface area contributed by atoms with Crippen molar-refractivity contribution in [2.24, 2.45) is 5.84 Å². The minimum absolute atomic E-state index is 0.0775. The predicted octanol–water partition coefficient (Wildman–Crippen LogP) is 2.69. The van der Waals surface area contributed by atoms with Crippen molar-refractivity contribution in [1.82, 2.24) is 9.97 Å². The molecular formula is C10H7BrF3N5. The van der Waals surface area contributed by atoms with Gasteiger partial charge in [0.05, 0.1) is 10.2 Å². The van der Waals surface area contributed by atoms with Gasteiger partial charge < -0.3 is 5.32 Å². The van der Waals surface area contributed by atoms with Gasteiger partial charge in [0.2, 0.25) is 5.95 Å². The minimum atomic E-state index is -1.27. The Morgan fingerprint density at radius 3 is 2.47 bits per heavy atom. The molecule has 5 nitrogen and oxygen atoms in total. The van der Waals surface area contributed by atoms with Gasteiger partial charge in [-0.1, -0.05) is 0 Å². The summed E-state index contributed by atoms with van der Waals surface area (Å²) in [6.45, 7) is 0. The van der Waals surface area contributed by atoms with E-state index in [2.05, 4.69) is 36.6 Å². The van der Waals surface area contributed by atoms with Gasteiger partial charge in [0.15, 0.2) is 17.5 Å². The molecule has 0 amide bonds. The monoisotopic (exact) mass is 333 g/mol. The van der Waals surface area contributed by atoms with E-state index in [1.807, 2.05) is 0 Å². The number of nitrogen functional groups attached to an aromatic ring is 1. The van der Waals surface area contributed by atoms with Crippen molar-refractivity contribution < 1.29 is 13.2 Å². The second kappa shape index (κ2) is 5.41. The van der Waals surface area contributed by atoms with E-state index in [0.29, 0.717) is 16.6 Å². The SMILES string of the molecule is NNc1ncc(Br)c(Nc2cc(F)c(F)cc2F)n1. The van der Waals surface area contributed by atoms with Crippen LogP contribution in [0, 0.1) is 17.5 Å². The molecule has 0 unspecified atom stereocenters. The molecule has 2 rings (SSSR count). The Bertz CT molecular complexity index is 622. The molecule has 4 N–H and O–H groups in total. The first-order chi connectivity index (χ1) is 9.01. The highest BCUT2D eigenvalue weighted by atomic mass is 79.9. The number of nitrogens with one attached hydrogen (secondary N) is 2. The van der Waals surface area contributed by atoms with Crippen LogP contribution >= 0.6 is 15.9 Å². The van der Waals surface area contributed by atoms with E-state index in [-0.39, 0.29) is 17.5 Å². The average molecular weight is 334 g/mol. The molecule has 0 aliphatic carbocycles. The van der Waals surface area contributed by atoms with Gasteiger partial charge in [-0.3, -0.25) is 5.43 Å². The van der Waals surface area contributed by atoms with E-state index in [1.165, 1.54) is 6.20 Å². The first-order valence-electron chi connectivity index (χ1n) is 4.92. The molecule has 19 heavy (non-hydrogen) atoms. The van der Waals surface area contributed by atoms with Crippen molar-refractivity contribution in [2.45, 2.75) is 0 Å². The van der Waals surface area contributed by atoms with Crippen molar-refractivity contribution in [3.8, 4) is 0 Å². The molecule has 0 saturated heterocycles. The summed E-state index contributed by atoms with van der Waals surface area (Å²) in [5.74, 6) is 1.96. The lowest BCUT2D eigenvalue weighted by Crippen LogP contribution is -2.11. The summed E-state index contributed by atoms with van der Waals surface area (Å²) in [6, 6.07) is 1.13. The number of aromatic nitrogens is 2. The molecule has 0 atom stereocenters. The van der Waals surface area contributed by atoms with E-state index in [0.717, 1.165) is 0 Å². The van der Waals surface area contributed by atoms with Crippen molar-refractivity contribution >= 4 is 33.4 Å². The average Bonchev–Trinajstić information content (AvgIpc) is 2.38. The molecular weight excluding hydrogens is 327 g/mol. The van der Waals surface area contributed by atoms with Crippen LogP contribution < -0.4 is 16.6 Å². The maximum Gasteiger partial charge on any atom is 0.239 e. The quantitative estimate of drug-likeness (QED) is 0.457. The molecule has 9 heteroatoms. The van der Waals surface area contributed by atoms with E-state index in [1.54, 1.807) is 0 Å². The number of nitrogens with two attached hydrogens (primary N) is 1. The number of rotatable bonds is 3. The molecule has 1 aromatic heterocycles. The second-order valence-corrected chi connectivity index (χ2v) is 4.26. The number of hydrazine groups is 1. The smallest absolute Gasteiger partial charge is 0.239 e. The number of halogens is 4. The molecule has 0 fully saturated rings. The second-order valence-electron chi connectivity index (χ2n) is 3.41. The van der Waals surface area contributed by atoms with Gasteiger partial charge in [-0.25, -0.2) is 24.0 Å². The Hall–Kier alpha value is -1.87. The number of nitrogens with zero attached hydrogens (tertiary/aromatic N) is 2. The third-order valence-corrected chi connectivity index (χ3v) is 2.72. The van der Waals surface area contributed by atoms with Crippen molar-refractivity contribution in [3.63, 3.8) is 0 Å². The van der Waals surface area contributed by atoms with Crippen LogP contribution in [0.5, 0.6) is 0 Å². The van der Waals surface area contributed by atoms with Crippen LogP contribution in [0.2, 0.25) is 0 Å². The zero-order valence-corrected chi connectivity index (χ0v) is 10.8. The first kappa shape index (κ1) is 13.6. The topological polar surface area (TPSA) is 75.9 Å². The summed E-state index contributed by atoms with van der Waals surface area (Å²) < 4.78 is 39.7. The first-order valence-corrected chi connectivity index (χ1v) is 5.71. The van der Waals surface area contributed by atoms with Crippen LogP contribution in [0.25, 0.3) is 0 Å². The van der Waals surface area contributed by atoms with Gasteiger partial charge in [0.1, 0.15) is 5.82 Å². The fourth-order valence-electron chi connectivity index (χ4n) is 1.27. The third-order valence-electron chi connectivity index (χ3n) is 2.14. The summed E-state index contributed by atoms with van der Waals surface area (Å²) in [6.07, 6.45) is 1.36. The molecule has 2 aromatic rings.